The molecule has 0 aliphatic rings. The van der Waals surface area contributed by atoms with E-state index in [4.69, 9.17) is 11.0 Å². The first-order chi connectivity index (χ1) is 49.7. The highest BCUT2D eigenvalue weighted by Crippen LogP contribution is 2.29. The zero-order valence-electron chi connectivity index (χ0n) is 71.7. The number of aromatic nitrogens is 6. The van der Waals surface area contributed by atoms with Crippen molar-refractivity contribution < 1.29 is 38.4 Å². The second-order valence-corrected chi connectivity index (χ2v) is 27.0. The van der Waals surface area contributed by atoms with E-state index in [2.05, 4.69) is 348 Å². The smallest absolute Gasteiger partial charge is 0.201 e. The van der Waals surface area contributed by atoms with Crippen LogP contribution in [-0.4, -0.2) is 0 Å². The quantitative estimate of drug-likeness (QED) is 0.148. The van der Waals surface area contributed by atoms with Crippen LogP contribution in [0.3, 0.4) is 0 Å². The van der Waals surface area contributed by atoms with Crippen LogP contribution in [0.2, 0.25) is 0 Å². The first kappa shape index (κ1) is 64.2. The van der Waals surface area contributed by atoms with E-state index < -0.39 is 18.1 Å². The molecule has 6 aromatic heterocycles. The fourth-order valence-corrected chi connectivity index (χ4v) is 12.6. The minimum absolute atomic E-state index is 0.0375. The lowest BCUT2D eigenvalue weighted by atomic mass is 9.97. The van der Waals surface area contributed by atoms with Crippen LogP contribution in [0.1, 0.15) is 122 Å². The molecule has 0 fully saturated rings. The predicted molar refractivity (Wildman–Crippen MR) is 413 cm³/mol. The zero-order chi connectivity index (χ0) is 78.9. The number of hydrogen-bond acceptors (Lipinski definition) is 0. The summed E-state index contributed by atoms with van der Waals surface area (Å²) in [6, 6.07) is 48.3. The molecule has 504 valence electrons. The molecule has 0 N–H and O–H groups in total. The van der Waals surface area contributed by atoms with Gasteiger partial charge in [0.05, 0.1) is 9.60 Å². The molecule has 6 heteroatoms. The van der Waals surface area contributed by atoms with Crippen molar-refractivity contribution in [1.82, 2.24) is 0 Å². The van der Waals surface area contributed by atoms with Gasteiger partial charge in [-0.2, -0.15) is 9.13 Å². The molecule has 0 radical (unpaired) electrons. The van der Waals surface area contributed by atoms with Crippen molar-refractivity contribution in [3.63, 3.8) is 0 Å². The first-order valence-electron chi connectivity index (χ1n) is 37.9. The molecule has 0 spiro atoms. The van der Waals surface area contributed by atoms with Crippen molar-refractivity contribution in [2.75, 3.05) is 0 Å². The summed E-state index contributed by atoms with van der Waals surface area (Å²) in [6.07, 6.45) is 6.14. The van der Waals surface area contributed by atoms with Gasteiger partial charge >= 0.3 is 0 Å². The predicted octanol–water partition coefficient (Wildman–Crippen LogP) is 19.2. The summed E-state index contributed by atoms with van der Waals surface area (Å²) in [5, 5.41) is 0. The molecular formula is C92H112N6+6. The fraction of sp³-hybridized carbons (Fsp3) is 0.283. The SMILES string of the molecule is Cc1ccc(-c2c(C)c(C)cc[n+]2C)c(C)c1.Cc1ccc(-c2c(C)ccc[n+]2C)c(C)c1.Cc1ccc(-c2cc(C)c(C)c[n+]2C)c(C)c1.Cc1ccc(-c2cc(C)cc(C)[n+]2C)c(C)c1.Cc1ccc(-c2ccc(C)c(C)[n+]2C)c(C)c1.[2H]c1c([2H])c([2H])c(-c2c([2H])c([2H])c([2H])c([2H])[n+]2C)c(C)c1[2H]. The number of benzene rings is 6. The molecule has 0 bridgehead atoms. The Balaban J connectivity index is 0.000000178. The third kappa shape index (κ3) is 19.1. The third-order valence-electron chi connectivity index (χ3n) is 18.8. The van der Waals surface area contributed by atoms with E-state index in [-0.39, 0.29) is 47.2 Å². The lowest BCUT2D eigenvalue weighted by Crippen LogP contribution is -2.35. The van der Waals surface area contributed by atoms with Crippen molar-refractivity contribution in [3.8, 4) is 67.5 Å². The average Bonchev–Trinajstić information content (AvgIpc) is 0.758. The summed E-state index contributed by atoms with van der Waals surface area (Å²) < 4.78 is 74.9. The van der Waals surface area contributed by atoms with E-state index >= 15 is 0 Å². The fourth-order valence-electron chi connectivity index (χ4n) is 12.6. The van der Waals surface area contributed by atoms with Crippen LogP contribution >= 0.6 is 0 Å². The van der Waals surface area contributed by atoms with Crippen LogP contribution in [-0.2, 0) is 42.3 Å². The second-order valence-electron chi connectivity index (χ2n) is 27.0. The number of aryl methyl sites for hydroxylation is 20. The monoisotopic (exact) mass is 1310 g/mol. The van der Waals surface area contributed by atoms with Gasteiger partial charge in [0.1, 0.15) is 43.7 Å². The minimum atomic E-state index is -0.440. The van der Waals surface area contributed by atoms with Gasteiger partial charge in [0.25, 0.3) is 0 Å². The molecular weight excluding hydrogens is 1190 g/mol. The van der Waals surface area contributed by atoms with Crippen molar-refractivity contribution >= 4 is 0 Å². The molecule has 0 saturated carbocycles. The van der Waals surface area contributed by atoms with E-state index in [0.717, 1.165) is 0 Å². The number of hydrogen-bond donors (Lipinski definition) is 0. The van der Waals surface area contributed by atoms with Crippen LogP contribution in [0, 0.1) is 138 Å². The number of rotatable bonds is 6. The highest BCUT2D eigenvalue weighted by atomic mass is 15.0. The Kier molecular flexibility index (Phi) is 22.2. The highest BCUT2D eigenvalue weighted by molar-refractivity contribution is 5.68. The van der Waals surface area contributed by atoms with Gasteiger partial charge < -0.3 is 0 Å². The van der Waals surface area contributed by atoms with Crippen LogP contribution in [0.4, 0.5) is 0 Å². The second kappa shape index (κ2) is 33.9. The lowest BCUT2D eigenvalue weighted by Gasteiger charge is -2.09. The molecule has 6 aromatic carbocycles. The van der Waals surface area contributed by atoms with E-state index in [0.29, 0.717) is 0 Å². The largest absolute Gasteiger partial charge is 0.215 e. The van der Waals surface area contributed by atoms with Gasteiger partial charge in [0.15, 0.2) is 36.2 Å². The normalized spacial score (nSPS) is 11.7. The van der Waals surface area contributed by atoms with Crippen LogP contribution < -0.4 is 27.4 Å². The third-order valence-corrected chi connectivity index (χ3v) is 18.8. The molecule has 0 saturated heterocycles. The summed E-state index contributed by atoms with van der Waals surface area (Å²) in [4.78, 5) is 0. The maximum Gasteiger partial charge on any atom is 0.215 e. The minimum Gasteiger partial charge on any atom is -0.201 e. The molecule has 12 rings (SSSR count). The van der Waals surface area contributed by atoms with E-state index in [9.17, 15) is 0 Å². The molecule has 0 aliphatic carbocycles. The van der Waals surface area contributed by atoms with Crippen molar-refractivity contribution in [3.05, 3.63) is 318 Å². The molecule has 0 aliphatic heterocycles. The summed E-state index contributed by atoms with van der Waals surface area (Å²) >= 11 is 0. The van der Waals surface area contributed by atoms with Crippen molar-refractivity contribution in [2.45, 2.75) is 138 Å². The molecule has 0 amide bonds. The van der Waals surface area contributed by atoms with Gasteiger partial charge in [-0.05, 0) is 229 Å². The van der Waals surface area contributed by atoms with Gasteiger partial charge in [-0.1, -0.05) is 107 Å². The Morgan fingerprint density at radius 2 is 0.735 bits per heavy atom. The Hall–Kier alpha value is -9.78. The summed E-state index contributed by atoms with van der Waals surface area (Å²) in [5.74, 6) is 0. The van der Waals surface area contributed by atoms with E-state index in [1.165, 1.54) is 181 Å². The number of nitrogens with zero attached hydrogens (tertiary/aromatic N) is 6. The lowest BCUT2D eigenvalue weighted by molar-refractivity contribution is -0.667. The van der Waals surface area contributed by atoms with Crippen molar-refractivity contribution in [1.29, 1.82) is 0 Å². The standard InChI is InChI=1S/4C16H20N.C15H18N.C13H14N/c1-11-6-8-15(13(3)10-11)16-9-7-12(2)14(4)17(16)5;1-11-6-7-15(13(3)8-11)16-9-12(2)14(4)10-17(16)5;1-11-6-7-15(13(3)8-11)16-10-12(2)9-14(4)17(16)5;1-11-6-7-15(13(3)10-11)16-14(4)12(2)8-9-17(16)5;1-11-7-8-14(13(3)10-11)15-12(2)6-5-9-16(15)4;1-11-7-3-4-8-12(11)13-9-5-6-10-14(13)2/h4*6-10H,1-5H3;5-10H,1-4H3;3-10H,1-2H3/q6*+1/i;;;;;3D,4D,5D,6D,7D,8D,9D,10D. The Morgan fingerprint density at radius 1 is 0.265 bits per heavy atom. The maximum atomic E-state index is 8.04. The van der Waals surface area contributed by atoms with Gasteiger partial charge in [-0.15, -0.1) is 0 Å². The topological polar surface area (TPSA) is 23.3 Å². The highest BCUT2D eigenvalue weighted by Gasteiger charge is 2.21. The molecule has 6 nitrogen and oxygen atoms in total. The van der Waals surface area contributed by atoms with Gasteiger partial charge in [-0.3, -0.25) is 0 Å². The number of pyridine rings is 6. The van der Waals surface area contributed by atoms with E-state index in [1.807, 2.05) is 0 Å². The first-order valence-corrected chi connectivity index (χ1v) is 33.9. The molecule has 98 heavy (non-hydrogen) atoms. The van der Waals surface area contributed by atoms with Gasteiger partial charge in [0, 0.05) is 118 Å². The van der Waals surface area contributed by atoms with Crippen LogP contribution in [0.25, 0.3) is 67.5 Å². The Bertz CT molecular complexity index is 5110. The van der Waals surface area contributed by atoms with Crippen LogP contribution in [0.5, 0.6) is 0 Å². The maximum absolute atomic E-state index is 8.04. The van der Waals surface area contributed by atoms with Crippen molar-refractivity contribution in [2.24, 2.45) is 42.3 Å². The van der Waals surface area contributed by atoms with Gasteiger partial charge in [0.2, 0.25) is 34.2 Å². The van der Waals surface area contributed by atoms with Gasteiger partial charge in [-0.25, -0.2) is 18.3 Å². The molecule has 12 aromatic rings. The average molecular weight is 1310 g/mol. The summed E-state index contributed by atoms with van der Waals surface area (Å²) in [6.45, 7) is 42.6. The Labute approximate surface area is 601 Å². The molecule has 0 atom stereocenters. The van der Waals surface area contributed by atoms with E-state index in [1.54, 1.807) is 0 Å². The summed E-state index contributed by atoms with van der Waals surface area (Å²) in [5.41, 5.74) is 38.7. The molecule has 6 heterocycles. The molecule has 0 unspecified atom stereocenters. The van der Waals surface area contributed by atoms with Crippen LogP contribution in [0.15, 0.2) is 207 Å². The Morgan fingerprint density at radius 3 is 1.26 bits per heavy atom. The summed E-state index contributed by atoms with van der Waals surface area (Å²) in [7, 11) is 12.0. The zero-order valence-corrected chi connectivity index (χ0v) is 63.7.